The van der Waals surface area contributed by atoms with Gasteiger partial charge in [0.25, 0.3) is 0 Å². The monoisotopic (exact) mass is 400 g/mol. The third-order valence-electron chi connectivity index (χ3n) is 5.09. The van der Waals surface area contributed by atoms with Crippen LogP contribution >= 0.6 is 11.3 Å². The fourth-order valence-corrected chi connectivity index (χ4v) is 6.37. The first kappa shape index (κ1) is 19.3. The summed E-state index contributed by atoms with van der Waals surface area (Å²) in [7, 11) is -2.53. The molecule has 1 aromatic rings. The standard InChI is InChI=1S/C17H24N2O5S2/c1-24-17(21)15-14(7-12-25-15)26(22,23)19-10-5-13(6-11-19)16(20)18-8-3-2-4-9-18/h7,12-13H,2-6,8-11H2,1H3. The number of carbonyl (C=O) groups excluding carboxylic acids is 2. The lowest BCUT2D eigenvalue weighted by molar-refractivity contribution is -0.137. The largest absolute Gasteiger partial charge is 0.465 e. The predicted octanol–water partition coefficient (Wildman–Crippen LogP) is 1.95. The Morgan fingerprint density at radius 1 is 1.12 bits per heavy atom. The Bertz CT molecular complexity index is 760. The van der Waals surface area contributed by atoms with Crippen molar-refractivity contribution in [3.05, 3.63) is 16.3 Å². The maximum absolute atomic E-state index is 12.9. The first-order valence-electron chi connectivity index (χ1n) is 8.90. The van der Waals surface area contributed by atoms with Gasteiger partial charge in [0, 0.05) is 32.1 Å². The molecule has 2 fully saturated rings. The number of hydrogen-bond donors (Lipinski definition) is 0. The van der Waals surface area contributed by atoms with Crippen LogP contribution < -0.4 is 0 Å². The normalized spacial score (nSPS) is 20.1. The zero-order valence-corrected chi connectivity index (χ0v) is 16.5. The van der Waals surface area contributed by atoms with E-state index < -0.39 is 16.0 Å². The van der Waals surface area contributed by atoms with Gasteiger partial charge in [0.15, 0.2) is 0 Å². The van der Waals surface area contributed by atoms with Crippen LogP contribution in [-0.4, -0.2) is 62.8 Å². The highest BCUT2D eigenvalue weighted by molar-refractivity contribution is 7.89. The number of nitrogens with zero attached hydrogens (tertiary/aromatic N) is 2. The van der Waals surface area contributed by atoms with E-state index in [9.17, 15) is 18.0 Å². The zero-order chi connectivity index (χ0) is 18.7. The highest BCUT2D eigenvalue weighted by Crippen LogP contribution is 2.30. The molecule has 0 radical (unpaired) electrons. The SMILES string of the molecule is COC(=O)c1sccc1S(=O)(=O)N1CCC(C(=O)N2CCCCC2)CC1. The topological polar surface area (TPSA) is 84.0 Å². The van der Waals surface area contributed by atoms with Gasteiger partial charge in [0.05, 0.1) is 7.11 Å². The van der Waals surface area contributed by atoms with Gasteiger partial charge in [-0.2, -0.15) is 4.31 Å². The molecule has 2 aliphatic rings. The van der Waals surface area contributed by atoms with Gasteiger partial charge in [-0.05, 0) is 43.6 Å². The van der Waals surface area contributed by atoms with Crippen molar-refractivity contribution in [3.63, 3.8) is 0 Å². The second kappa shape index (κ2) is 8.06. The minimum Gasteiger partial charge on any atom is -0.465 e. The number of ether oxygens (including phenoxy) is 1. The van der Waals surface area contributed by atoms with Crippen LogP contribution in [0.2, 0.25) is 0 Å². The highest BCUT2D eigenvalue weighted by atomic mass is 32.2. The molecule has 26 heavy (non-hydrogen) atoms. The second-order valence-electron chi connectivity index (χ2n) is 6.67. The fourth-order valence-electron chi connectivity index (χ4n) is 3.60. The van der Waals surface area contributed by atoms with E-state index in [2.05, 4.69) is 4.74 Å². The number of thiophene rings is 1. The van der Waals surface area contributed by atoms with Crippen LogP contribution in [0.1, 0.15) is 41.8 Å². The van der Waals surface area contributed by atoms with Crippen molar-refractivity contribution in [3.8, 4) is 0 Å². The lowest BCUT2D eigenvalue weighted by Crippen LogP contribution is -2.45. The minimum absolute atomic E-state index is 0.00448. The van der Waals surface area contributed by atoms with E-state index in [0.717, 1.165) is 37.3 Å². The number of hydrogen-bond acceptors (Lipinski definition) is 6. The van der Waals surface area contributed by atoms with Crippen LogP contribution in [0.25, 0.3) is 0 Å². The maximum Gasteiger partial charge on any atom is 0.349 e. The number of amides is 1. The van der Waals surface area contributed by atoms with Crippen LogP contribution in [0.15, 0.2) is 16.3 Å². The van der Waals surface area contributed by atoms with Gasteiger partial charge in [-0.1, -0.05) is 0 Å². The van der Waals surface area contributed by atoms with E-state index in [1.165, 1.54) is 23.9 Å². The molecule has 0 aromatic carbocycles. The third-order valence-corrected chi connectivity index (χ3v) is 8.05. The quantitative estimate of drug-likeness (QED) is 0.722. The summed E-state index contributed by atoms with van der Waals surface area (Å²) >= 11 is 1.06. The minimum atomic E-state index is -3.76. The summed E-state index contributed by atoms with van der Waals surface area (Å²) in [6, 6.07) is 1.44. The Hall–Kier alpha value is -1.45. The molecule has 1 amide bonds. The van der Waals surface area contributed by atoms with Crippen LogP contribution in [0.3, 0.4) is 0 Å². The van der Waals surface area contributed by atoms with Gasteiger partial charge < -0.3 is 9.64 Å². The molecule has 0 spiro atoms. The molecule has 3 heterocycles. The van der Waals surface area contributed by atoms with Crippen molar-refractivity contribution in [2.24, 2.45) is 5.92 Å². The maximum atomic E-state index is 12.9. The summed E-state index contributed by atoms with van der Waals surface area (Å²) < 4.78 is 31.8. The molecule has 2 aliphatic heterocycles. The summed E-state index contributed by atoms with van der Waals surface area (Å²) in [6.45, 7) is 2.22. The molecule has 1 aromatic heterocycles. The first-order valence-corrected chi connectivity index (χ1v) is 11.2. The number of carbonyl (C=O) groups is 2. The smallest absolute Gasteiger partial charge is 0.349 e. The van der Waals surface area contributed by atoms with Gasteiger partial charge in [-0.15, -0.1) is 11.3 Å². The van der Waals surface area contributed by atoms with Gasteiger partial charge in [-0.3, -0.25) is 4.79 Å². The Balaban J connectivity index is 1.66. The Labute approximate surface area is 158 Å². The van der Waals surface area contributed by atoms with Crippen LogP contribution in [0.5, 0.6) is 0 Å². The molecule has 0 unspecified atom stereocenters. The molecule has 9 heteroatoms. The molecule has 144 valence electrons. The van der Waals surface area contributed by atoms with E-state index in [1.807, 2.05) is 4.90 Å². The van der Waals surface area contributed by atoms with E-state index in [1.54, 1.807) is 5.38 Å². The lowest BCUT2D eigenvalue weighted by atomic mass is 9.95. The molecule has 0 atom stereocenters. The van der Waals surface area contributed by atoms with Crippen molar-refractivity contribution in [2.45, 2.75) is 37.0 Å². The van der Waals surface area contributed by atoms with Crippen molar-refractivity contribution in [2.75, 3.05) is 33.3 Å². The van der Waals surface area contributed by atoms with E-state index in [-0.39, 0.29) is 21.6 Å². The average Bonchev–Trinajstić information content (AvgIpc) is 3.18. The van der Waals surface area contributed by atoms with Gasteiger partial charge in [0.2, 0.25) is 15.9 Å². The van der Waals surface area contributed by atoms with E-state index in [4.69, 9.17) is 0 Å². The molecular weight excluding hydrogens is 376 g/mol. The van der Waals surface area contributed by atoms with Gasteiger partial charge in [0.1, 0.15) is 9.77 Å². The number of sulfonamides is 1. The molecule has 3 rings (SSSR count). The highest BCUT2D eigenvalue weighted by Gasteiger charge is 2.36. The molecule has 0 aliphatic carbocycles. The zero-order valence-electron chi connectivity index (χ0n) is 14.8. The van der Waals surface area contributed by atoms with Crippen molar-refractivity contribution in [1.82, 2.24) is 9.21 Å². The van der Waals surface area contributed by atoms with Crippen molar-refractivity contribution in [1.29, 1.82) is 0 Å². The summed E-state index contributed by atoms with van der Waals surface area (Å²) in [5.41, 5.74) is 0. The molecule has 7 nitrogen and oxygen atoms in total. The molecule has 2 saturated heterocycles. The van der Waals surface area contributed by atoms with Gasteiger partial charge in [-0.25, -0.2) is 13.2 Å². The number of methoxy groups -OCH3 is 1. The average molecular weight is 401 g/mol. The number of esters is 1. The summed E-state index contributed by atoms with van der Waals surface area (Å²) in [4.78, 5) is 26.4. The summed E-state index contributed by atoms with van der Waals surface area (Å²) in [6.07, 6.45) is 4.31. The first-order chi connectivity index (χ1) is 12.4. The van der Waals surface area contributed by atoms with Crippen LogP contribution in [0, 0.1) is 5.92 Å². The Morgan fingerprint density at radius 2 is 1.77 bits per heavy atom. The third kappa shape index (κ3) is 3.79. The summed E-state index contributed by atoms with van der Waals surface area (Å²) in [5, 5.41) is 1.58. The molecule has 0 N–H and O–H groups in total. The molecule has 0 bridgehead atoms. The molecule has 0 saturated carbocycles. The Kier molecular flexibility index (Phi) is 5.99. The lowest BCUT2D eigenvalue weighted by Gasteiger charge is -2.35. The van der Waals surface area contributed by atoms with Gasteiger partial charge >= 0.3 is 5.97 Å². The van der Waals surface area contributed by atoms with Crippen molar-refractivity contribution < 1.29 is 22.7 Å². The Morgan fingerprint density at radius 3 is 2.38 bits per heavy atom. The van der Waals surface area contributed by atoms with Crippen molar-refractivity contribution >= 4 is 33.2 Å². The number of likely N-dealkylation sites (tertiary alicyclic amines) is 1. The predicted molar refractivity (Wildman–Crippen MR) is 97.6 cm³/mol. The number of piperidine rings is 2. The fraction of sp³-hybridized carbons (Fsp3) is 0.647. The van der Waals surface area contributed by atoms with E-state index >= 15 is 0 Å². The van der Waals surface area contributed by atoms with Crippen LogP contribution in [0.4, 0.5) is 0 Å². The van der Waals surface area contributed by atoms with Crippen LogP contribution in [-0.2, 0) is 19.6 Å². The summed E-state index contributed by atoms with van der Waals surface area (Å²) in [5.74, 6) is -0.594. The van der Waals surface area contributed by atoms with E-state index in [0.29, 0.717) is 25.9 Å². The molecular formula is C17H24N2O5S2. The second-order valence-corrected chi connectivity index (χ2v) is 9.49. The number of rotatable bonds is 4.